The summed E-state index contributed by atoms with van der Waals surface area (Å²) in [7, 11) is 1.63. The standard InChI is InChI=1S/C7H9NOS/c1-6-3-4-7(8-5-6)10-9-2/h3-5H,1-2H3. The van der Waals surface area contributed by atoms with Gasteiger partial charge in [0.05, 0.1) is 7.11 Å². The topological polar surface area (TPSA) is 22.1 Å². The molecule has 2 nitrogen and oxygen atoms in total. The third-order valence-corrected chi connectivity index (χ3v) is 1.63. The van der Waals surface area contributed by atoms with Crippen LogP contribution >= 0.6 is 12.0 Å². The predicted octanol–water partition coefficient (Wildman–Crippen LogP) is 2.04. The molecule has 0 radical (unpaired) electrons. The lowest BCUT2D eigenvalue weighted by molar-refractivity contribution is 0.488. The van der Waals surface area contributed by atoms with Crippen LogP contribution in [0.5, 0.6) is 0 Å². The summed E-state index contributed by atoms with van der Waals surface area (Å²) in [5, 5.41) is 0.896. The Hall–Kier alpha value is -0.540. The Labute approximate surface area is 64.8 Å². The zero-order chi connectivity index (χ0) is 7.40. The lowest BCUT2D eigenvalue weighted by atomic mass is 10.3. The zero-order valence-electron chi connectivity index (χ0n) is 6.00. The highest BCUT2D eigenvalue weighted by atomic mass is 32.2. The van der Waals surface area contributed by atoms with Crippen molar-refractivity contribution in [2.45, 2.75) is 11.9 Å². The summed E-state index contributed by atoms with van der Waals surface area (Å²) in [4.78, 5) is 4.11. The number of aryl methyl sites for hydroxylation is 1. The Kier molecular flexibility index (Phi) is 2.71. The molecule has 0 amide bonds. The van der Waals surface area contributed by atoms with E-state index in [2.05, 4.69) is 4.98 Å². The van der Waals surface area contributed by atoms with Gasteiger partial charge < -0.3 is 4.18 Å². The van der Waals surface area contributed by atoms with Gasteiger partial charge in [0, 0.05) is 18.2 Å². The van der Waals surface area contributed by atoms with Crippen molar-refractivity contribution >= 4 is 12.0 Å². The quantitative estimate of drug-likeness (QED) is 0.610. The van der Waals surface area contributed by atoms with Crippen LogP contribution in [-0.2, 0) is 4.18 Å². The Morgan fingerprint density at radius 1 is 1.50 bits per heavy atom. The number of hydrogen-bond donors (Lipinski definition) is 0. The van der Waals surface area contributed by atoms with Gasteiger partial charge in [0.1, 0.15) is 5.03 Å². The van der Waals surface area contributed by atoms with Gasteiger partial charge >= 0.3 is 0 Å². The minimum Gasteiger partial charge on any atom is -0.312 e. The highest BCUT2D eigenvalue weighted by Crippen LogP contribution is 2.13. The van der Waals surface area contributed by atoms with Crippen molar-refractivity contribution in [1.29, 1.82) is 0 Å². The second-order valence-corrected chi connectivity index (χ2v) is 2.84. The Morgan fingerprint density at radius 3 is 2.80 bits per heavy atom. The highest BCUT2D eigenvalue weighted by Gasteiger charge is 1.91. The average molecular weight is 155 g/mol. The first-order valence-electron chi connectivity index (χ1n) is 2.96. The molecule has 0 bridgehead atoms. The summed E-state index contributed by atoms with van der Waals surface area (Å²) in [6, 6.07) is 3.94. The van der Waals surface area contributed by atoms with Crippen LogP contribution in [0.25, 0.3) is 0 Å². The van der Waals surface area contributed by atoms with Crippen molar-refractivity contribution in [1.82, 2.24) is 4.98 Å². The molecule has 0 spiro atoms. The van der Waals surface area contributed by atoms with Crippen molar-refractivity contribution in [3.8, 4) is 0 Å². The van der Waals surface area contributed by atoms with E-state index in [-0.39, 0.29) is 0 Å². The van der Waals surface area contributed by atoms with Gasteiger partial charge in [-0.3, -0.25) is 0 Å². The van der Waals surface area contributed by atoms with Crippen LogP contribution in [0.2, 0.25) is 0 Å². The van der Waals surface area contributed by atoms with Gasteiger partial charge in [-0.15, -0.1) is 0 Å². The third-order valence-electron chi connectivity index (χ3n) is 1.05. The van der Waals surface area contributed by atoms with Crippen molar-refractivity contribution < 1.29 is 4.18 Å². The molecule has 0 N–H and O–H groups in total. The molecular weight excluding hydrogens is 146 g/mol. The molecule has 0 saturated carbocycles. The van der Waals surface area contributed by atoms with Gasteiger partial charge in [-0.05, 0) is 18.6 Å². The first kappa shape index (κ1) is 7.57. The van der Waals surface area contributed by atoms with Crippen molar-refractivity contribution in [2.75, 3.05) is 7.11 Å². The van der Waals surface area contributed by atoms with Gasteiger partial charge in [0.2, 0.25) is 0 Å². The van der Waals surface area contributed by atoms with Crippen LogP contribution in [0.3, 0.4) is 0 Å². The monoisotopic (exact) mass is 155 g/mol. The van der Waals surface area contributed by atoms with E-state index in [4.69, 9.17) is 4.18 Å². The maximum absolute atomic E-state index is 4.82. The maximum Gasteiger partial charge on any atom is 0.123 e. The minimum absolute atomic E-state index is 0.896. The Bertz CT molecular complexity index is 197. The normalized spacial score (nSPS) is 9.80. The van der Waals surface area contributed by atoms with E-state index in [9.17, 15) is 0 Å². The molecule has 0 fully saturated rings. The molecular formula is C7H9NOS. The highest BCUT2D eigenvalue weighted by molar-refractivity contribution is 7.94. The Balaban J connectivity index is 2.69. The van der Waals surface area contributed by atoms with E-state index in [1.54, 1.807) is 7.11 Å². The summed E-state index contributed by atoms with van der Waals surface area (Å²) in [5.74, 6) is 0. The molecule has 3 heteroatoms. The molecule has 1 aromatic rings. The third kappa shape index (κ3) is 2.01. The molecule has 1 heterocycles. The van der Waals surface area contributed by atoms with E-state index in [1.807, 2.05) is 25.3 Å². The first-order valence-corrected chi connectivity index (χ1v) is 3.70. The average Bonchev–Trinajstić information content (AvgIpc) is 1.95. The van der Waals surface area contributed by atoms with Gasteiger partial charge in [0.15, 0.2) is 0 Å². The fraction of sp³-hybridized carbons (Fsp3) is 0.286. The Morgan fingerprint density at radius 2 is 2.30 bits per heavy atom. The van der Waals surface area contributed by atoms with Gasteiger partial charge in [-0.2, -0.15) is 0 Å². The van der Waals surface area contributed by atoms with Crippen LogP contribution in [-0.4, -0.2) is 12.1 Å². The molecule has 54 valence electrons. The summed E-state index contributed by atoms with van der Waals surface area (Å²) in [6.45, 7) is 2.01. The smallest absolute Gasteiger partial charge is 0.123 e. The molecule has 0 aliphatic carbocycles. The SMILES string of the molecule is COSc1ccc(C)cn1. The summed E-state index contributed by atoms with van der Waals surface area (Å²) in [6.07, 6.45) is 1.82. The number of aromatic nitrogens is 1. The van der Waals surface area contributed by atoms with Crippen molar-refractivity contribution in [3.63, 3.8) is 0 Å². The molecule has 0 saturated heterocycles. The maximum atomic E-state index is 4.82. The molecule has 0 atom stereocenters. The van der Waals surface area contributed by atoms with E-state index < -0.39 is 0 Å². The van der Waals surface area contributed by atoms with E-state index in [1.165, 1.54) is 17.6 Å². The van der Waals surface area contributed by atoms with Gasteiger partial charge in [-0.1, -0.05) is 6.07 Å². The van der Waals surface area contributed by atoms with Crippen LogP contribution in [0.15, 0.2) is 23.4 Å². The van der Waals surface area contributed by atoms with Crippen molar-refractivity contribution in [2.24, 2.45) is 0 Å². The van der Waals surface area contributed by atoms with E-state index in [0.29, 0.717) is 0 Å². The summed E-state index contributed by atoms with van der Waals surface area (Å²) >= 11 is 1.27. The molecule has 10 heavy (non-hydrogen) atoms. The van der Waals surface area contributed by atoms with Gasteiger partial charge in [0.25, 0.3) is 0 Å². The van der Waals surface area contributed by atoms with E-state index in [0.717, 1.165) is 5.03 Å². The number of hydrogen-bond acceptors (Lipinski definition) is 3. The number of nitrogens with zero attached hydrogens (tertiary/aromatic N) is 1. The zero-order valence-corrected chi connectivity index (χ0v) is 6.81. The second-order valence-electron chi connectivity index (χ2n) is 1.92. The molecule has 0 unspecified atom stereocenters. The predicted molar refractivity (Wildman–Crippen MR) is 41.8 cm³/mol. The van der Waals surface area contributed by atoms with Crippen molar-refractivity contribution in [3.05, 3.63) is 23.9 Å². The van der Waals surface area contributed by atoms with E-state index >= 15 is 0 Å². The van der Waals surface area contributed by atoms with Crippen LogP contribution < -0.4 is 0 Å². The van der Waals surface area contributed by atoms with Gasteiger partial charge in [-0.25, -0.2) is 4.98 Å². The molecule has 1 rings (SSSR count). The summed E-state index contributed by atoms with van der Waals surface area (Å²) < 4.78 is 4.82. The first-order chi connectivity index (χ1) is 4.83. The minimum atomic E-state index is 0.896. The fourth-order valence-corrected chi connectivity index (χ4v) is 0.979. The van der Waals surface area contributed by atoms with Crippen LogP contribution in [0.4, 0.5) is 0 Å². The molecule has 0 aliphatic rings. The second kappa shape index (κ2) is 3.58. The number of rotatable bonds is 2. The molecule has 0 aromatic carbocycles. The summed E-state index contributed by atoms with van der Waals surface area (Å²) in [5.41, 5.74) is 1.17. The molecule has 1 aromatic heterocycles. The lowest BCUT2D eigenvalue weighted by Crippen LogP contribution is -1.79. The fourth-order valence-electron chi connectivity index (χ4n) is 0.589. The lowest BCUT2D eigenvalue weighted by Gasteiger charge is -1.95. The van der Waals surface area contributed by atoms with Crippen LogP contribution in [0.1, 0.15) is 5.56 Å². The van der Waals surface area contributed by atoms with Crippen LogP contribution in [0, 0.1) is 6.92 Å². The largest absolute Gasteiger partial charge is 0.312 e. The number of pyridine rings is 1. The molecule has 0 aliphatic heterocycles.